The summed E-state index contributed by atoms with van der Waals surface area (Å²) in [5, 5.41) is 18.1. The molecule has 2 rings (SSSR count). The van der Waals surface area contributed by atoms with Crippen LogP contribution in [0.25, 0.3) is 0 Å². The van der Waals surface area contributed by atoms with Gasteiger partial charge in [-0.25, -0.2) is 0 Å². The molecule has 1 aromatic rings. The SMILES string of the molecule is CCCN(Cc1ccc(B(O)O)cc1)CC1CC1. The molecule has 1 aliphatic rings. The third-order valence-corrected chi connectivity index (χ3v) is 3.44. The average Bonchev–Trinajstić information content (AvgIpc) is 3.14. The van der Waals surface area contributed by atoms with Crippen molar-refractivity contribution in [3.63, 3.8) is 0 Å². The molecule has 0 aliphatic heterocycles. The van der Waals surface area contributed by atoms with Gasteiger partial charge < -0.3 is 10.0 Å². The zero-order valence-corrected chi connectivity index (χ0v) is 11.0. The Bertz CT molecular complexity index is 363. The highest BCUT2D eigenvalue weighted by Crippen LogP contribution is 2.30. The molecule has 0 bridgehead atoms. The molecule has 1 saturated carbocycles. The van der Waals surface area contributed by atoms with Gasteiger partial charge in [-0.3, -0.25) is 4.90 Å². The third kappa shape index (κ3) is 4.12. The van der Waals surface area contributed by atoms with Crippen LogP contribution in [-0.4, -0.2) is 35.2 Å². The van der Waals surface area contributed by atoms with Crippen LogP contribution in [0, 0.1) is 5.92 Å². The summed E-state index contributed by atoms with van der Waals surface area (Å²) < 4.78 is 0. The van der Waals surface area contributed by atoms with Gasteiger partial charge in [-0.15, -0.1) is 0 Å². The first kappa shape index (κ1) is 13.6. The Morgan fingerprint density at radius 3 is 2.39 bits per heavy atom. The maximum Gasteiger partial charge on any atom is 0.488 e. The summed E-state index contributed by atoms with van der Waals surface area (Å²) in [6.45, 7) is 5.52. The number of hydrogen-bond donors (Lipinski definition) is 2. The van der Waals surface area contributed by atoms with Crippen molar-refractivity contribution in [3.8, 4) is 0 Å². The van der Waals surface area contributed by atoms with Gasteiger partial charge in [0.2, 0.25) is 0 Å². The van der Waals surface area contributed by atoms with Crippen molar-refractivity contribution in [2.75, 3.05) is 13.1 Å². The van der Waals surface area contributed by atoms with Crippen LogP contribution in [0.4, 0.5) is 0 Å². The van der Waals surface area contributed by atoms with E-state index in [-0.39, 0.29) is 0 Å². The first-order chi connectivity index (χ1) is 8.69. The zero-order chi connectivity index (χ0) is 13.0. The van der Waals surface area contributed by atoms with Crippen molar-refractivity contribution in [3.05, 3.63) is 29.8 Å². The summed E-state index contributed by atoms with van der Waals surface area (Å²) in [7, 11) is -1.36. The minimum absolute atomic E-state index is 0.558. The molecule has 1 aromatic carbocycles. The first-order valence-corrected chi connectivity index (χ1v) is 6.86. The predicted octanol–water partition coefficient (Wildman–Crippen LogP) is 0.988. The van der Waals surface area contributed by atoms with Crippen molar-refractivity contribution < 1.29 is 10.0 Å². The fraction of sp³-hybridized carbons (Fsp3) is 0.571. The molecule has 0 aromatic heterocycles. The molecule has 1 aliphatic carbocycles. The van der Waals surface area contributed by atoms with E-state index in [2.05, 4.69) is 11.8 Å². The normalized spacial score (nSPS) is 15.1. The minimum Gasteiger partial charge on any atom is -0.423 e. The summed E-state index contributed by atoms with van der Waals surface area (Å²) in [6.07, 6.45) is 3.95. The highest BCUT2D eigenvalue weighted by atomic mass is 16.4. The molecule has 0 saturated heterocycles. The van der Waals surface area contributed by atoms with Gasteiger partial charge in [0.25, 0.3) is 0 Å². The highest BCUT2D eigenvalue weighted by Gasteiger charge is 2.23. The van der Waals surface area contributed by atoms with E-state index in [9.17, 15) is 0 Å². The lowest BCUT2D eigenvalue weighted by Gasteiger charge is -2.21. The Balaban J connectivity index is 1.92. The summed E-state index contributed by atoms with van der Waals surface area (Å²) in [6, 6.07) is 7.57. The largest absolute Gasteiger partial charge is 0.488 e. The fourth-order valence-corrected chi connectivity index (χ4v) is 2.27. The third-order valence-electron chi connectivity index (χ3n) is 3.44. The Morgan fingerprint density at radius 2 is 1.89 bits per heavy atom. The molecule has 4 heteroatoms. The van der Waals surface area contributed by atoms with Gasteiger partial charge in [0.15, 0.2) is 0 Å². The van der Waals surface area contributed by atoms with Crippen LogP contribution in [0.3, 0.4) is 0 Å². The lowest BCUT2D eigenvalue weighted by atomic mass is 9.80. The van der Waals surface area contributed by atoms with E-state index < -0.39 is 7.12 Å². The molecule has 18 heavy (non-hydrogen) atoms. The van der Waals surface area contributed by atoms with Crippen LogP contribution in [-0.2, 0) is 6.54 Å². The van der Waals surface area contributed by atoms with E-state index in [4.69, 9.17) is 10.0 Å². The first-order valence-electron chi connectivity index (χ1n) is 6.86. The van der Waals surface area contributed by atoms with Crippen LogP contribution in [0.15, 0.2) is 24.3 Å². The summed E-state index contributed by atoms with van der Waals surface area (Å²) in [4.78, 5) is 2.50. The standard InChI is InChI=1S/C14H22BNO2/c1-2-9-16(10-12-3-4-12)11-13-5-7-14(8-6-13)15(17)18/h5-8,12,17-18H,2-4,9-11H2,1H3. The zero-order valence-electron chi connectivity index (χ0n) is 11.0. The van der Waals surface area contributed by atoms with Crippen LogP contribution in [0.2, 0.25) is 0 Å². The van der Waals surface area contributed by atoms with E-state index in [1.807, 2.05) is 12.1 Å². The second-order valence-corrected chi connectivity index (χ2v) is 5.29. The van der Waals surface area contributed by atoms with Gasteiger partial charge in [-0.1, -0.05) is 31.2 Å². The summed E-state index contributed by atoms with van der Waals surface area (Å²) in [5.74, 6) is 0.912. The Hall–Kier alpha value is -0.835. The van der Waals surface area contributed by atoms with E-state index in [0.29, 0.717) is 5.46 Å². The van der Waals surface area contributed by atoms with Gasteiger partial charge in [-0.05, 0) is 42.8 Å². The summed E-state index contributed by atoms with van der Waals surface area (Å²) in [5.41, 5.74) is 1.80. The van der Waals surface area contributed by atoms with Gasteiger partial charge in [0.1, 0.15) is 0 Å². The van der Waals surface area contributed by atoms with Crippen LogP contribution >= 0.6 is 0 Å². The van der Waals surface area contributed by atoms with Crippen molar-refractivity contribution in [1.29, 1.82) is 0 Å². The van der Waals surface area contributed by atoms with E-state index in [1.54, 1.807) is 12.1 Å². The second-order valence-electron chi connectivity index (χ2n) is 5.29. The molecular formula is C14H22BNO2. The maximum absolute atomic E-state index is 9.05. The topological polar surface area (TPSA) is 43.7 Å². The lowest BCUT2D eigenvalue weighted by molar-refractivity contribution is 0.255. The predicted molar refractivity (Wildman–Crippen MR) is 74.6 cm³/mol. The molecule has 0 radical (unpaired) electrons. The molecule has 0 spiro atoms. The maximum atomic E-state index is 9.05. The lowest BCUT2D eigenvalue weighted by Crippen LogP contribution is -2.30. The Kier molecular flexibility index (Phi) is 4.81. The van der Waals surface area contributed by atoms with E-state index in [1.165, 1.54) is 31.4 Å². The van der Waals surface area contributed by atoms with E-state index in [0.717, 1.165) is 19.0 Å². The van der Waals surface area contributed by atoms with Crippen molar-refractivity contribution in [2.45, 2.75) is 32.7 Å². The number of hydrogen-bond acceptors (Lipinski definition) is 3. The molecule has 0 unspecified atom stereocenters. The van der Waals surface area contributed by atoms with Crippen LogP contribution < -0.4 is 5.46 Å². The Morgan fingerprint density at radius 1 is 1.22 bits per heavy atom. The molecule has 0 atom stereocenters. The average molecular weight is 247 g/mol. The van der Waals surface area contributed by atoms with Gasteiger partial charge in [0, 0.05) is 13.1 Å². The van der Waals surface area contributed by atoms with Crippen LogP contribution in [0.1, 0.15) is 31.7 Å². The molecule has 0 amide bonds. The second kappa shape index (κ2) is 6.37. The van der Waals surface area contributed by atoms with Crippen LogP contribution in [0.5, 0.6) is 0 Å². The van der Waals surface area contributed by atoms with E-state index >= 15 is 0 Å². The molecule has 1 fully saturated rings. The molecule has 3 nitrogen and oxygen atoms in total. The van der Waals surface area contributed by atoms with Crippen molar-refractivity contribution in [2.24, 2.45) is 5.92 Å². The molecule has 0 heterocycles. The Labute approximate surface area is 110 Å². The van der Waals surface area contributed by atoms with Gasteiger partial charge in [0.05, 0.1) is 0 Å². The summed E-state index contributed by atoms with van der Waals surface area (Å²) >= 11 is 0. The number of rotatable bonds is 7. The fourth-order valence-electron chi connectivity index (χ4n) is 2.27. The molecule has 98 valence electrons. The quantitative estimate of drug-likeness (QED) is 0.706. The minimum atomic E-state index is -1.36. The smallest absolute Gasteiger partial charge is 0.423 e. The van der Waals surface area contributed by atoms with Crippen molar-refractivity contribution >= 4 is 12.6 Å². The van der Waals surface area contributed by atoms with Gasteiger partial charge >= 0.3 is 7.12 Å². The van der Waals surface area contributed by atoms with Gasteiger partial charge in [-0.2, -0.15) is 0 Å². The number of nitrogens with zero attached hydrogens (tertiary/aromatic N) is 1. The number of benzene rings is 1. The molecule has 2 N–H and O–H groups in total. The van der Waals surface area contributed by atoms with Crippen molar-refractivity contribution in [1.82, 2.24) is 4.90 Å². The highest BCUT2D eigenvalue weighted by molar-refractivity contribution is 6.58. The monoisotopic (exact) mass is 247 g/mol. The molecular weight excluding hydrogens is 225 g/mol.